The fourth-order valence-corrected chi connectivity index (χ4v) is 3.50. The minimum Gasteiger partial charge on any atom is -0.309 e. The van der Waals surface area contributed by atoms with E-state index in [0.29, 0.717) is 0 Å². The predicted octanol–water partition coefficient (Wildman–Crippen LogP) is 4.97. The van der Waals surface area contributed by atoms with E-state index in [1.54, 1.807) is 6.07 Å². The molecular weight excluding hydrogens is 373 g/mol. The van der Waals surface area contributed by atoms with Crippen molar-refractivity contribution in [3.8, 4) is 0 Å². The van der Waals surface area contributed by atoms with Crippen molar-refractivity contribution in [2.45, 2.75) is 13.0 Å². The van der Waals surface area contributed by atoms with Gasteiger partial charge in [-0.05, 0) is 61.0 Å². The maximum absolute atomic E-state index is 13.5. The maximum atomic E-state index is 13.5. The zero-order valence-corrected chi connectivity index (χ0v) is 13.8. The first-order chi connectivity index (χ1) is 9.01. The third kappa shape index (κ3) is 3.44. The summed E-state index contributed by atoms with van der Waals surface area (Å²) >= 11 is 6.97. The fourth-order valence-electron chi connectivity index (χ4n) is 2.17. The molecule has 1 nitrogen and oxygen atoms in total. The zero-order chi connectivity index (χ0) is 14.0. The minimum atomic E-state index is -0.213. The van der Waals surface area contributed by atoms with Crippen molar-refractivity contribution in [2.75, 3.05) is 7.05 Å². The van der Waals surface area contributed by atoms with Gasteiger partial charge < -0.3 is 5.32 Å². The number of aryl methyl sites for hydroxylation is 1. The molecule has 0 aliphatic carbocycles. The molecule has 0 heterocycles. The highest BCUT2D eigenvalue weighted by Gasteiger charge is 2.16. The van der Waals surface area contributed by atoms with Crippen LogP contribution in [0.3, 0.4) is 0 Å². The van der Waals surface area contributed by atoms with Crippen LogP contribution in [-0.4, -0.2) is 7.05 Å². The molecule has 0 spiro atoms. The highest BCUT2D eigenvalue weighted by atomic mass is 79.9. The summed E-state index contributed by atoms with van der Waals surface area (Å²) in [5.41, 5.74) is 3.10. The number of hydrogen-bond acceptors (Lipinski definition) is 1. The van der Waals surface area contributed by atoms with Crippen LogP contribution in [0.1, 0.15) is 22.7 Å². The van der Waals surface area contributed by atoms with E-state index in [9.17, 15) is 4.39 Å². The number of rotatable bonds is 3. The molecule has 4 heteroatoms. The van der Waals surface area contributed by atoms with Gasteiger partial charge in [0.15, 0.2) is 0 Å². The Bertz CT molecular complexity index is 578. The van der Waals surface area contributed by atoms with Gasteiger partial charge in [-0.15, -0.1) is 0 Å². The van der Waals surface area contributed by atoms with E-state index >= 15 is 0 Å². The molecule has 0 saturated carbocycles. The Balaban J connectivity index is 2.52. The lowest BCUT2D eigenvalue weighted by Crippen LogP contribution is -2.19. The van der Waals surface area contributed by atoms with E-state index in [1.165, 1.54) is 6.07 Å². The van der Waals surface area contributed by atoms with Crippen LogP contribution in [0, 0.1) is 12.7 Å². The van der Waals surface area contributed by atoms with Gasteiger partial charge in [0, 0.05) is 8.95 Å². The van der Waals surface area contributed by atoms with E-state index in [0.717, 1.165) is 25.6 Å². The molecule has 0 aromatic heterocycles. The summed E-state index contributed by atoms with van der Waals surface area (Å²) in [7, 11) is 1.88. The minimum absolute atomic E-state index is 0.0375. The van der Waals surface area contributed by atoms with Crippen molar-refractivity contribution in [1.29, 1.82) is 0 Å². The van der Waals surface area contributed by atoms with Crippen LogP contribution in [0.15, 0.2) is 45.3 Å². The molecule has 19 heavy (non-hydrogen) atoms. The smallest absolute Gasteiger partial charge is 0.123 e. The van der Waals surface area contributed by atoms with Crippen molar-refractivity contribution >= 4 is 31.9 Å². The van der Waals surface area contributed by atoms with Crippen LogP contribution in [-0.2, 0) is 0 Å². The summed E-state index contributed by atoms with van der Waals surface area (Å²) in [6, 6.07) is 10.9. The van der Waals surface area contributed by atoms with Gasteiger partial charge in [0.25, 0.3) is 0 Å². The van der Waals surface area contributed by atoms with Gasteiger partial charge in [0.2, 0.25) is 0 Å². The number of halogens is 3. The molecule has 1 N–H and O–H groups in total. The van der Waals surface area contributed by atoms with Crippen molar-refractivity contribution in [1.82, 2.24) is 5.32 Å². The van der Waals surface area contributed by atoms with E-state index < -0.39 is 0 Å². The second-order valence-electron chi connectivity index (χ2n) is 4.43. The lowest BCUT2D eigenvalue weighted by molar-refractivity contribution is 0.615. The zero-order valence-electron chi connectivity index (χ0n) is 10.7. The molecule has 2 rings (SSSR count). The molecule has 0 aliphatic rings. The topological polar surface area (TPSA) is 12.0 Å². The molecule has 0 radical (unpaired) electrons. The first kappa shape index (κ1) is 14.7. The average Bonchev–Trinajstić information content (AvgIpc) is 2.33. The molecule has 1 unspecified atom stereocenters. The third-order valence-electron chi connectivity index (χ3n) is 3.06. The molecule has 0 fully saturated rings. The Labute approximate surface area is 129 Å². The van der Waals surface area contributed by atoms with Crippen LogP contribution in [0.4, 0.5) is 4.39 Å². The van der Waals surface area contributed by atoms with Gasteiger partial charge in [-0.2, -0.15) is 0 Å². The molecule has 0 aliphatic heterocycles. The molecule has 100 valence electrons. The normalized spacial score (nSPS) is 12.5. The Kier molecular flexibility index (Phi) is 4.76. The number of nitrogens with one attached hydrogen (secondary N) is 1. The molecular formula is C15H14Br2FN. The molecule has 0 saturated heterocycles. The Hall–Kier alpha value is -0.710. The summed E-state index contributed by atoms with van der Waals surface area (Å²) in [4.78, 5) is 0. The SMILES string of the molecule is CNC(c1cc(Br)cc(Br)c1)c1cc(F)ccc1C. The van der Waals surface area contributed by atoms with E-state index in [4.69, 9.17) is 0 Å². The van der Waals surface area contributed by atoms with E-state index in [1.807, 2.05) is 38.2 Å². The molecule has 0 bridgehead atoms. The lowest BCUT2D eigenvalue weighted by atomic mass is 9.95. The first-order valence-electron chi connectivity index (χ1n) is 5.90. The highest BCUT2D eigenvalue weighted by Crippen LogP contribution is 2.29. The van der Waals surface area contributed by atoms with Crippen molar-refractivity contribution in [2.24, 2.45) is 0 Å². The third-order valence-corrected chi connectivity index (χ3v) is 3.97. The standard InChI is InChI=1S/C15H14Br2FN/c1-9-3-4-13(18)8-14(9)15(19-2)10-5-11(16)7-12(17)6-10/h3-8,15,19H,1-2H3. The fraction of sp³-hybridized carbons (Fsp3) is 0.200. The van der Waals surface area contributed by atoms with Gasteiger partial charge in [-0.3, -0.25) is 0 Å². The number of hydrogen-bond donors (Lipinski definition) is 1. The van der Waals surface area contributed by atoms with Gasteiger partial charge >= 0.3 is 0 Å². The average molecular weight is 387 g/mol. The van der Waals surface area contributed by atoms with Crippen LogP contribution in [0.5, 0.6) is 0 Å². The summed E-state index contributed by atoms with van der Waals surface area (Å²) in [6.07, 6.45) is 0. The number of benzene rings is 2. The summed E-state index contributed by atoms with van der Waals surface area (Å²) in [5, 5.41) is 3.25. The van der Waals surface area contributed by atoms with Crippen LogP contribution in [0.25, 0.3) is 0 Å². The Morgan fingerprint density at radius 3 is 2.26 bits per heavy atom. The quantitative estimate of drug-likeness (QED) is 0.785. The van der Waals surface area contributed by atoms with Crippen molar-refractivity contribution in [3.05, 3.63) is 67.9 Å². The molecule has 2 aromatic rings. The van der Waals surface area contributed by atoms with Crippen molar-refractivity contribution in [3.63, 3.8) is 0 Å². The predicted molar refractivity (Wildman–Crippen MR) is 83.9 cm³/mol. The summed E-state index contributed by atoms with van der Waals surface area (Å²) in [5.74, 6) is -0.213. The Morgan fingerprint density at radius 1 is 1.05 bits per heavy atom. The van der Waals surface area contributed by atoms with Crippen molar-refractivity contribution < 1.29 is 4.39 Å². The van der Waals surface area contributed by atoms with E-state index in [2.05, 4.69) is 37.2 Å². The molecule has 0 amide bonds. The van der Waals surface area contributed by atoms with Gasteiger partial charge in [-0.25, -0.2) is 4.39 Å². The molecule has 1 atom stereocenters. The Morgan fingerprint density at radius 2 is 1.68 bits per heavy atom. The monoisotopic (exact) mass is 385 g/mol. The van der Waals surface area contributed by atoms with Crippen LogP contribution < -0.4 is 5.32 Å². The van der Waals surface area contributed by atoms with Gasteiger partial charge in [-0.1, -0.05) is 37.9 Å². The molecule has 2 aromatic carbocycles. The second kappa shape index (κ2) is 6.16. The summed E-state index contributed by atoms with van der Waals surface area (Å²) < 4.78 is 15.5. The highest BCUT2D eigenvalue weighted by molar-refractivity contribution is 9.11. The summed E-state index contributed by atoms with van der Waals surface area (Å²) in [6.45, 7) is 1.99. The maximum Gasteiger partial charge on any atom is 0.123 e. The lowest BCUT2D eigenvalue weighted by Gasteiger charge is -2.20. The first-order valence-corrected chi connectivity index (χ1v) is 7.49. The van der Waals surface area contributed by atoms with Gasteiger partial charge in [0.1, 0.15) is 5.82 Å². The van der Waals surface area contributed by atoms with Gasteiger partial charge in [0.05, 0.1) is 6.04 Å². The second-order valence-corrected chi connectivity index (χ2v) is 6.26. The van der Waals surface area contributed by atoms with Crippen LogP contribution >= 0.6 is 31.9 Å². The van der Waals surface area contributed by atoms with Crippen LogP contribution in [0.2, 0.25) is 0 Å². The largest absolute Gasteiger partial charge is 0.309 e. The van der Waals surface area contributed by atoms with E-state index in [-0.39, 0.29) is 11.9 Å².